The molecular weight excluding hydrogens is 374 g/mol. The van der Waals surface area contributed by atoms with Gasteiger partial charge < -0.3 is 9.88 Å². The van der Waals surface area contributed by atoms with Gasteiger partial charge in [-0.3, -0.25) is 9.48 Å². The maximum Gasteiger partial charge on any atom is 0.299 e. The SMILES string of the molecule is C#CC(=O)N1[C@@H](CCCC)Cc2c([nH]c3c(F)cc(F)cc23)[C@@H]1c1cnn(C)c1. The van der Waals surface area contributed by atoms with Gasteiger partial charge in [0.25, 0.3) is 5.91 Å². The van der Waals surface area contributed by atoms with E-state index in [1.54, 1.807) is 22.8 Å². The van der Waals surface area contributed by atoms with Crippen molar-refractivity contribution in [3.63, 3.8) is 0 Å². The highest BCUT2D eigenvalue weighted by Crippen LogP contribution is 2.42. The van der Waals surface area contributed by atoms with E-state index in [1.165, 1.54) is 6.07 Å². The molecule has 150 valence electrons. The molecule has 1 amide bonds. The van der Waals surface area contributed by atoms with Gasteiger partial charge in [0.15, 0.2) is 0 Å². The summed E-state index contributed by atoms with van der Waals surface area (Å²) in [5, 5.41) is 4.75. The lowest BCUT2D eigenvalue weighted by molar-refractivity contribution is -0.130. The van der Waals surface area contributed by atoms with Crippen LogP contribution >= 0.6 is 0 Å². The minimum absolute atomic E-state index is 0.165. The Bertz CT molecular complexity index is 1120. The Morgan fingerprint density at radius 2 is 2.21 bits per heavy atom. The van der Waals surface area contributed by atoms with Crippen molar-refractivity contribution in [3.8, 4) is 12.3 Å². The molecule has 1 aromatic carbocycles. The molecule has 4 rings (SSSR count). The maximum atomic E-state index is 14.5. The minimum atomic E-state index is -0.653. The average Bonchev–Trinajstić information content (AvgIpc) is 3.28. The number of fused-ring (bicyclic) bond motifs is 3. The first-order valence-electron chi connectivity index (χ1n) is 9.71. The van der Waals surface area contributed by atoms with Gasteiger partial charge >= 0.3 is 0 Å². The number of benzene rings is 1. The van der Waals surface area contributed by atoms with Crippen molar-refractivity contribution in [3.05, 3.63) is 53.0 Å². The number of hydrogen-bond donors (Lipinski definition) is 1. The van der Waals surface area contributed by atoms with Crippen LogP contribution in [-0.2, 0) is 18.3 Å². The number of halogens is 2. The lowest BCUT2D eigenvalue weighted by Crippen LogP contribution is -2.47. The Morgan fingerprint density at radius 1 is 1.41 bits per heavy atom. The van der Waals surface area contributed by atoms with Gasteiger partial charge in [0.2, 0.25) is 0 Å². The van der Waals surface area contributed by atoms with E-state index < -0.39 is 23.6 Å². The van der Waals surface area contributed by atoms with E-state index in [-0.39, 0.29) is 11.6 Å². The lowest BCUT2D eigenvalue weighted by Gasteiger charge is -2.41. The number of nitrogens with one attached hydrogen (secondary N) is 1. The molecule has 0 spiro atoms. The fourth-order valence-corrected chi connectivity index (χ4v) is 4.38. The average molecular weight is 396 g/mol. The number of carbonyl (C=O) groups excluding carboxylic acids is 1. The smallest absolute Gasteiger partial charge is 0.299 e. The molecule has 0 aliphatic carbocycles. The van der Waals surface area contributed by atoms with Gasteiger partial charge in [-0.25, -0.2) is 8.78 Å². The van der Waals surface area contributed by atoms with Gasteiger partial charge in [-0.2, -0.15) is 5.10 Å². The largest absolute Gasteiger partial charge is 0.354 e. The maximum absolute atomic E-state index is 14.5. The number of rotatable bonds is 4. The van der Waals surface area contributed by atoms with Crippen LogP contribution in [0, 0.1) is 24.0 Å². The zero-order chi connectivity index (χ0) is 20.7. The highest BCUT2D eigenvalue weighted by molar-refractivity contribution is 5.95. The monoisotopic (exact) mass is 396 g/mol. The Labute approximate surface area is 167 Å². The van der Waals surface area contributed by atoms with Crippen molar-refractivity contribution in [1.82, 2.24) is 19.7 Å². The molecule has 3 aromatic rings. The van der Waals surface area contributed by atoms with Gasteiger partial charge in [0, 0.05) is 42.0 Å². The fraction of sp³-hybridized carbons (Fsp3) is 0.364. The molecule has 1 aliphatic rings. The topological polar surface area (TPSA) is 53.9 Å². The minimum Gasteiger partial charge on any atom is -0.354 e. The van der Waals surface area contributed by atoms with E-state index in [1.807, 2.05) is 6.20 Å². The van der Waals surface area contributed by atoms with E-state index in [0.29, 0.717) is 17.5 Å². The zero-order valence-electron chi connectivity index (χ0n) is 16.4. The molecule has 0 bridgehead atoms. The number of aromatic nitrogens is 3. The normalized spacial score (nSPS) is 18.7. The Morgan fingerprint density at radius 3 is 2.86 bits per heavy atom. The van der Waals surface area contributed by atoms with Gasteiger partial charge in [-0.15, -0.1) is 6.42 Å². The molecular formula is C22H22F2N4O. The van der Waals surface area contributed by atoms with Crippen molar-refractivity contribution < 1.29 is 13.6 Å². The van der Waals surface area contributed by atoms with Crippen LogP contribution in [0.25, 0.3) is 10.9 Å². The summed E-state index contributed by atoms with van der Waals surface area (Å²) in [6, 6.07) is 1.51. The third-order valence-electron chi connectivity index (χ3n) is 5.64. The predicted molar refractivity (Wildman–Crippen MR) is 106 cm³/mol. The summed E-state index contributed by atoms with van der Waals surface area (Å²) in [5.74, 6) is 0.547. The predicted octanol–water partition coefficient (Wildman–Crippen LogP) is 3.85. The molecule has 0 saturated heterocycles. The third kappa shape index (κ3) is 3.19. The second-order valence-corrected chi connectivity index (χ2v) is 7.53. The first kappa shape index (κ1) is 19.2. The number of unbranched alkanes of at least 4 members (excludes halogenated alkanes) is 1. The van der Waals surface area contributed by atoms with E-state index in [2.05, 4.69) is 22.9 Å². The number of aryl methyl sites for hydroxylation is 1. The van der Waals surface area contributed by atoms with E-state index >= 15 is 0 Å². The van der Waals surface area contributed by atoms with Crippen molar-refractivity contribution >= 4 is 16.8 Å². The molecule has 0 saturated carbocycles. The standard InChI is InChI=1S/C22H22F2N4O/c1-4-6-7-15-10-17-16-8-14(23)9-18(24)20(16)26-21(17)22(28(15)19(29)5-2)13-11-25-27(3)12-13/h2,8-9,11-12,15,22,26H,4,6-7,10H2,1,3H3/t15-,22-/m0/s1. The van der Waals surface area contributed by atoms with Gasteiger partial charge in [-0.1, -0.05) is 19.8 Å². The first-order valence-corrected chi connectivity index (χ1v) is 9.71. The second-order valence-electron chi connectivity index (χ2n) is 7.53. The quantitative estimate of drug-likeness (QED) is 0.681. The van der Waals surface area contributed by atoms with Gasteiger partial charge in [-0.05, 0) is 30.4 Å². The van der Waals surface area contributed by atoms with Crippen LogP contribution in [0.5, 0.6) is 0 Å². The number of aromatic amines is 1. The molecule has 2 atom stereocenters. The van der Waals surface area contributed by atoms with Crippen LogP contribution in [0.15, 0.2) is 24.5 Å². The number of nitrogens with zero attached hydrogens (tertiary/aromatic N) is 3. The summed E-state index contributed by atoms with van der Waals surface area (Å²) in [5.41, 5.74) is 2.50. The lowest BCUT2D eigenvalue weighted by atomic mass is 9.87. The van der Waals surface area contributed by atoms with Gasteiger partial charge in [0.05, 0.1) is 11.7 Å². The zero-order valence-corrected chi connectivity index (χ0v) is 16.4. The highest BCUT2D eigenvalue weighted by atomic mass is 19.1. The van der Waals surface area contributed by atoms with Crippen LogP contribution in [0.2, 0.25) is 0 Å². The molecule has 2 aromatic heterocycles. The number of hydrogen-bond acceptors (Lipinski definition) is 2. The molecule has 3 heterocycles. The van der Waals surface area contributed by atoms with Crippen LogP contribution in [0.4, 0.5) is 8.78 Å². The molecule has 0 radical (unpaired) electrons. The summed E-state index contributed by atoms with van der Waals surface area (Å²) in [7, 11) is 1.79. The highest BCUT2D eigenvalue weighted by Gasteiger charge is 2.40. The van der Waals surface area contributed by atoms with Crippen LogP contribution in [0.3, 0.4) is 0 Å². The van der Waals surface area contributed by atoms with Crippen LogP contribution in [0.1, 0.15) is 49.0 Å². The van der Waals surface area contributed by atoms with Crippen molar-refractivity contribution in [2.75, 3.05) is 0 Å². The van der Waals surface area contributed by atoms with E-state index in [4.69, 9.17) is 6.42 Å². The summed E-state index contributed by atoms with van der Waals surface area (Å²) in [6.07, 6.45) is 12.1. The van der Waals surface area contributed by atoms with E-state index in [9.17, 15) is 13.6 Å². The molecule has 1 aliphatic heterocycles. The number of amides is 1. The molecule has 1 N–H and O–H groups in total. The first-order chi connectivity index (χ1) is 13.9. The Hall–Kier alpha value is -3.14. The van der Waals surface area contributed by atoms with Crippen molar-refractivity contribution in [1.29, 1.82) is 0 Å². The summed E-state index contributed by atoms with van der Waals surface area (Å²) < 4.78 is 30.1. The number of H-pyrrole nitrogens is 1. The summed E-state index contributed by atoms with van der Waals surface area (Å²) in [4.78, 5) is 17.6. The van der Waals surface area contributed by atoms with Crippen molar-refractivity contribution in [2.24, 2.45) is 7.05 Å². The van der Waals surface area contributed by atoms with Gasteiger partial charge in [0.1, 0.15) is 17.7 Å². The van der Waals surface area contributed by atoms with Crippen molar-refractivity contribution in [2.45, 2.75) is 44.7 Å². The fourth-order valence-electron chi connectivity index (χ4n) is 4.38. The van der Waals surface area contributed by atoms with Crippen LogP contribution < -0.4 is 0 Å². The molecule has 0 unspecified atom stereocenters. The van der Waals surface area contributed by atoms with Crippen LogP contribution in [-0.4, -0.2) is 31.6 Å². The molecule has 7 heteroatoms. The van der Waals surface area contributed by atoms with E-state index in [0.717, 1.165) is 36.5 Å². The molecule has 29 heavy (non-hydrogen) atoms. The summed E-state index contributed by atoms with van der Waals surface area (Å²) in [6.45, 7) is 2.08. The third-order valence-corrected chi connectivity index (χ3v) is 5.64. The number of carbonyl (C=O) groups is 1. The second kappa shape index (κ2) is 7.36. The molecule has 5 nitrogen and oxygen atoms in total. The Balaban J connectivity index is 1.97. The molecule has 0 fully saturated rings. The Kier molecular flexibility index (Phi) is 4.87. The number of terminal acetylenes is 1. The summed E-state index contributed by atoms with van der Waals surface area (Å²) >= 11 is 0.